The monoisotopic (exact) mass is 242 g/mol. The van der Waals surface area contributed by atoms with Crippen molar-refractivity contribution >= 4 is 0 Å². The zero-order valence-electron chi connectivity index (χ0n) is 11.9. The molecule has 3 nitrogen and oxygen atoms in total. The highest BCUT2D eigenvalue weighted by atomic mass is 16.5. The first-order chi connectivity index (χ1) is 8.24. The highest BCUT2D eigenvalue weighted by Gasteiger charge is 2.19. The second-order valence-corrected chi connectivity index (χ2v) is 5.27. The van der Waals surface area contributed by atoms with Crippen LogP contribution in [0.15, 0.2) is 0 Å². The smallest absolute Gasteiger partial charge is 0.0625 e. The van der Waals surface area contributed by atoms with E-state index in [1.165, 1.54) is 38.6 Å². The Morgan fingerprint density at radius 3 is 2.94 bits per heavy atom. The van der Waals surface area contributed by atoms with Crippen LogP contribution in [0.3, 0.4) is 0 Å². The molecule has 1 fully saturated rings. The molecule has 1 N–H and O–H groups in total. The van der Waals surface area contributed by atoms with Gasteiger partial charge in [-0.25, -0.2) is 0 Å². The van der Waals surface area contributed by atoms with Crippen LogP contribution < -0.4 is 5.32 Å². The second kappa shape index (κ2) is 8.90. The number of hydrogen-bond donors (Lipinski definition) is 1. The third-order valence-corrected chi connectivity index (χ3v) is 3.71. The maximum atomic E-state index is 5.96. The first-order valence-corrected chi connectivity index (χ1v) is 7.26. The van der Waals surface area contributed by atoms with Crippen molar-refractivity contribution in [3.8, 4) is 0 Å². The number of nitrogens with zero attached hydrogens (tertiary/aromatic N) is 1. The molecule has 0 aromatic rings. The van der Waals surface area contributed by atoms with Gasteiger partial charge in [0, 0.05) is 6.04 Å². The molecule has 0 amide bonds. The van der Waals surface area contributed by atoms with Gasteiger partial charge in [0.25, 0.3) is 0 Å². The molecular formula is C14H30N2O. The molecule has 2 atom stereocenters. The van der Waals surface area contributed by atoms with Gasteiger partial charge in [0.1, 0.15) is 0 Å². The highest BCUT2D eigenvalue weighted by molar-refractivity contribution is 4.74. The van der Waals surface area contributed by atoms with Crippen molar-refractivity contribution in [1.82, 2.24) is 10.2 Å². The highest BCUT2D eigenvalue weighted by Crippen LogP contribution is 2.16. The lowest BCUT2D eigenvalue weighted by atomic mass is 10.0. The van der Waals surface area contributed by atoms with E-state index in [1.54, 1.807) is 0 Å². The molecule has 0 aromatic carbocycles. The van der Waals surface area contributed by atoms with Crippen molar-refractivity contribution in [1.29, 1.82) is 0 Å². The molecule has 1 aliphatic rings. The topological polar surface area (TPSA) is 24.5 Å². The van der Waals surface area contributed by atoms with Crippen molar-refractivity contribution in [3.05, 3.63) is 0 Å². The largest absolute Gasteiger partial charge is 0.377 e. The van der Waals surface area contributed by atoms with Crippen LogP contribution in [-0.4, -0.2) is 50.3 Å². The summed E-state index contributed by atoms with van der Waals surface area (Å²) in [5, 5.41) is 3.35. The van der Waals surface area contributed by atoms with Gasteiger partial charge in [0.05, 0.1) is 12.7 Å². The first kappa shape index (κ1) is 14.9. The third kappa shape index (κ3) is 6.39. The quantitative estimate of drug-likeness (QED) is 0.661. The summed E-state index contributed by atoms with van der Waals surface area (Å²) in [5.74, 6) is 0. The van der Waals surface area contributed by atoms with Crippen LogP contribution in [0.4, 0.5) is 0 Å². The lowest BCUT2D eigenvalue weighted by Crippen LogP contribution is -2.40. The van der Waals surface area contributed by atoms with Gasteiger partial charge < -0.3 is 15.0 Å². The minimum absolute atomic E-state index is 0.406. The molecule has 0 spiro atoms. The molecule has 0 radical (unpaired) electrons. The molecule has 1 saturated heterocycles. The molecule has 1 rings (SSSR count). The summed E-state index contributed by atoms with van der Waals surface area (Å²) in [6.45, 7) is 8.70. The Morgan fingerprint density at radius 1 is 1.41 bits per heavy atom. The maximum Gasteiger partial charge on any atom is 0.0625 e. The zero-order chi connectivity index (χ0) is 12.5. The Labute approximate surface area is 107 Å². The van der Waals surface area contributed by atoms with E-state index in [-0.39, 0.29) is 0 Å². The fourth-order valence-corrected chi connectivity index (χ4v) is 2.40. The van der Waals surface area contributed by atoms with Gasteiger partial charge in [-0.1, -0.05) is 13.3 Å². The van der Waals surface area contributed by atoms with Crippen LogP contribution in [0.25, 0.3) is 0 Å². The minimum Gasteiger partial charge on any atom is -0.377 e. The molecule has 102 valence electrons. The molecule has 1 aliphatic heterocycles. The van der Waals surface area contributed by atoms with E-state index in [0.29, 0.717) is 12.1 Å². The number of nitrogens with one attached hydrogen (secondary N) is 1. The molecule has 17 heavy (non-hydrogen) atoms. The van der Waals surface area contributed by atoms with E-state index >= 15 is 0 Å². The summed E-state index contributed by atoms with van der Waals surface area (Å²) < 4.78 is 5.96. The standard InChI is InChI=1S/C14H30N2O/c1-4-15-10-7-8-13(2)17-12-14-9-5-6-11-16(14)3/h13-15H,4-12H2,1-3H3. The van der Waals surface area contributed by atoms with Gasteiger partial charge in [0.2, 0.25) is 0 Å². The van der Waals surface area contributed by atoms with Crippen molar-refractivity contribution < 1.29 is 4.74 Å². The Balaban J connectivity index is 2.03. The second-order valence-electron chi connectivity index (χ2n) is 5.27. The zero-order valence-corrected chi connectivity index (χ0v) is 11.9. The van der Waals surface area contributed by atoms with Gasteiger partial charge in [-0.15, -0.1) is 0 Å². The lowest BCUT2D eigenvalue weighted by Gasteiger charge is -2.33. The minimum atomic E-state index is 0.406. The Kier molecular flexibility index (Phi) is 7.82. The summed E-state index contributed by atoms with van der Waals surface area (Å²) in [6, 6.07) is 0.653. The lowest BCUT2D eigenvalue weighted by molar-refractivity contribution is 0.00795. The Hall–Kier alpha value is -0.120. The first-order valence-electron chi connectivity index (χ1n) is 7.26. The fourth-order valence-electron chi connectivity index (χ4n) is 2.40. The van der Waals surface area contributed by atoms with Gasteiger partial charge in [0.15, 0.2) is 0 Å². The Bertz CT molecular complexity index is 187. The van der Waals surface area contributed by atoms with E-state index in [2.05, 4.69) is 31.1 Å². The Morgan fingerprint density at radius 2 is 2.24 bits per heavy atom. The van der Waals surface area contributed by atoms with E-state index in [9.17, 15) is 0 Å². The summed E-state index contributed by atoms with van der Waals surface area (Å²) in [4.78, 5) is 2.45. The number of rotatable bonds is 8. The summed E-state index contributed by atoms with van der Waals surface area (Å²) in [5.41, 5.74) is 0. The van der Waals surface area contributed by atoms with E-state index in [1.807, 2.05) is 0 Å². The van der Waals surface area contributed by atoms with Crippen LogP contribution in [0.5, 0.6) is 0 Å². The summed E-state index contributed by atoms with van der Waals surface area (Å²) >= 11 is 0. The van der Waals surface area contributed by atoms with Gasteiger partial charge in [-0.3, -0.25) is 0 Å². The molecule has 0 saturated carbocycles. The SMILES string of the molecule is CCNCCCC(C)OCC1CCCCN1C. The molecule has 0 aliphatic carbocycles. The molecular weight excluding hydrogens is 212 g/mol. The van der Waals surface area contributed by atoms with Gasteiger partial charge >= 0.3 is 0 Å². The van der Waals surface area contributed by atoms with Crippen LogP contribution in [0.1, 0.15) is 46.0 Å². The van der Waals surface area contributed by atoms with Crippen LogP contribution in [0, 0.1) is 0 Å². The van der Waals surface area contributed by atoms with Crippen LogP contribution >= 0.6 is 0 Å². The summed E-state index contributed by atoms with van der Waals surface area (Å²) in [7, 11) is 2.23. The normalized spacial score (nSPS) is 23.8. The van der Waals surface area contributed by atoms with E-state index in [0.717, 1.165) is 19.7 Å². The third-order valence-electron chi connectivity index (χ3n) is 3.71. The van der Waals surface area contributed by atoms with E-state index < -0.39 is 0 Å². The van der Waals surface area contributed by atoms with E-state index in [4.69, 9.17) is 4.74 Å². The molecule has 2 unspecified atom stereocenters. The van der Waals surface area contributed by atoms with Crippen molar-refractivity contribution in [2.45, 2.75) is 58.1 Å². The molecule has 0 aromatic heterocycles. The number of likely N-dealkylation sites (N-methyl/N-ethyl adjacent to an activating group) is 1. The average Bonchev–Trinajstić information content (AvgIpc) is 2.34. The molecule has 1 heterocycles. The van der Waals surface area contributed by atoms with Crippen molar-refractivity contribution in [3.63, 3.8) is 0 Å². The van der Waals surface area contributed by atoms with Crippen LogP contribution in [-0.2, 0) is 4.74 Å². The van der Waals surface area contributed by atoms with Gasteiger partial charge in [-0.05, 0) is 59.3 Å². The molecule has 3 heteroatoms. The summed E-state index contributed by atoms with van der Waals surface area (Å²) in [6.07, 6.45) is 6.82. The number of hydrogen-bond acceptors (Lipinski definition) is 3. The number of likely N-dealkylation sites (tertiary alicyclic amines) is 1. The van der Waals surface area contributed by atoms with Crippen molar-refractivity contribution in [2.24, 2.45) is 0 Å². The average molecular weight is 242 g/mol. The fraction of sp³-hybridized carbons (Fsp3) is 1.00. The number of ether oxygens (including phenoxy) is 1. The van der Waals surface area contributed by atoms with Crippen LogP contribution in [0.2, 0.25) is 0 Å². The predicted molar refractivity (Wildman–Crippen MR) is 73.5 cm³/mol. The molecule has 0 bridgehead atoms. The maximum absolute atomic E-state index is 5.96. The van der Waals surface area contributed by atoms with Gasteiger partial charge in [-0.2, -0.15) is 0 Å². The number of piperidine rings is 1. The van der Waals surface area contributed by atoms with Crippen molar-refractivity contribution in [2.75, 3.05) is 33.3 Å². The predicted octanol–water partition coefficient (Wildman–Crippen LogP) is 2.27.